The van der Waals surface area contributed by atoms with Crippen molar-refractivity contribution in [3.05, 3.63) is 38.8 Å². The molecule has 0 unspecified atom stereocenters. The van der Waals surface area contributed by atoms with Gasteiger partial charge in [0.15, 0.2) is 5.69 Å². The summed E-state index contributed by atoms with van der Waals surface area (Å²) in [6.07, 6.45) is 1.65. The van der Waals surface area contributed by atoms with Crippen LogP contribution in [0.2, 0.25) is 0 Å². The molecule has 0 aliphatic heterocycles. The minimum Gasteiger partial charge on any atom is -0.274 e. The van der Waals surface area contributed by atoms with Gasteiger partial charge in [-0.05, 0) is 27.4 Å². The maximum atomic E-state index is 11.7. The fourth-order valence-electron chi connectivity index (χ4n) is 1.26. The lowest BCUT2D eigenvalue weighted by atomic mass is 10.4. The highest BCUT2D eigenvalue weighted by Gasteiger charge is 2.15. The molecule has 2 aromatic heterocycles. The molecule has 0 spiro atoms. The van der Waals surface area contributed by atoms with E-state index in [1.165, 1.54) is 16.0 Å². The lowest BCUT2D eigenvalue weighted by molar-refractivity contribution is 0.0845. The van der Waals surface area contributed by atoms with E-state index in [-0.39, 0.29) is 11.6 Å². The second-order valence-corrected chi connectivity index (χ2v) is 5.19. The number of nitrogens with zero attached hydrogens (tertiary/aromatic N) is 2. The van der Waals surface area contributed by atoms with Crippen LogP contribution in [0.1, 0.15) is 20.2 Å². The quantitative estimate of drug-likeness (QED) is 0.816. The Morgan fingerprint density at radius 1 is 1.39 bits per heavy atom. The van der Waals surface area contributed by atoms with E-state index in [9.17, 15) is 9.59 Å². The van der Waals surface area contributed by atoms with Crippen LogP contribution in [0.15, 0.2) is 28.2 Å². The fourth-order valence-corrected chi connectivity index (χ4v) is 2.43. The van der Waals surface area contributed by atoms with Gasteiger partial charge in [-0.2, -0.15) is 5.10 Å². The summed E-state index contributed by atoms with van der Waals surface area (Å²) in [5.74, 6) is -0.835. The van der Waals surface area contributed by atoms with E-state index in [0.29, 0.717) is 9.35 Å². The zero-order valence-corrected chi connectivity index (χ0v) is 11.7. The molecule has 8 heteroatoms. The molecule has 2 aromatic rings. The van der Waals surface area contributed by atoms with Gasteiger partial charge in [0.05, 0.1) is 9.35 Å². The third kappa shape index (κ3) is 2.77. The maximum Gasteiger partial charge on any atom is 0.291 e. The summed E-state index contributed by atoms with van der Waals surface area (Å²) in [6, 6.07) is 3.43. The molecule has 0 saturated heterocycles. The number of nitrogens with one attached hydrogen (secondary N) is 2. The molecule has 0 fully saturated rings. The smallest absolute Gasteiger partial charge is 0.274 e. The Labute approximate surface area is 115 Å². The Bertz CT molecular complexity index is 579. The van der Waals surface area contributed by atoms with E-state index in [1.54, 1.807) is 30.8 Å². The molecule has 2 amide bonds. The van der Waals surface area contributed by atoms with Crippen LogP contribution in [0.3, 0.4) is 0 Å². The molecule has 0 aliphatic carbocycles. The van der Waals surface area contributed by atoms with Gasteiger partial charge in [-0.3, -0.25) is 25.1 Å². The average Bonchev–Trinajstić information content (AvgIpc) is 2.95. The number of hydrogen-bond donors (Lipinski definition) is 2. The SMILES string of the molecule is Cn1cc(Br)c(C(=O)NNC(=O)c2cccs2)n1. The van der Waals surface area contributed by atoms with Crippen LogP contribution in [0.25, 0.3) is 0 Å². The van der Waals surface area contributed by atoms with Crippen molar-refractivity contribution >= 4 is 39.1 Å². The van der Waals surface area contributed by atoms with Crippen LogP contribution in [-0.4, -0.2) is 21.6 Å². The number of amides is 2. The first-order valence-corrected chi connectivity index (χ1v) is 6.58. The van der Waals surface area contributed by atoms with E-state index < -0.39 is 5.91 Å². The molecule has 2 rings (SSSR count). The van der Waals surface area contributed by atoms with Gasteiger partial charge in [0.1, 0.15) is 0 Å². The lowest BCUT2D eigenvalue weighted by Gasteiger charge is -2.04. The van der Waals surface area contributed by atoms with Crippen molar-refractivity contribution in [1.29, 1.82) is 0 Å². The third-order valence-corrected chi connectivity index (χ3v) is 3.48. The standard InChI is InChI=1S/C10H9BrN4O2S/c1-15-5-6(11)8(14-15)10(17)13-12-9(16)7-3-2-4-18-7/h2-5H,1H3,(H,12,16)(H,13,17). The molecule has 18 heavy (non-hydrogen) atoms. The number of carbonyl (C=O) groups is 2. The molecule has 0 aliphatic rings. The number of halogens is 1. The van der Waals surface area contributed by atoms with Crippen molar-refractivity contribution in [2.45, 2.75) is 0 Å². The predicted molar refractivity (Wildman–Crippen MR) is 70.2 cm³/mol. The predicted octanol–water partition coefficient (Wildman–Crippen LogP) is 1.32. The van der Waals surface area contributed by atoms with Gasteiger partial charge >= 0.3 is 0 Å². The summed E-state index contributed by atoms with van der Waals surface area (Å²) >= 11 is 4.50. The summed E-state index contributed by atoms with van der Waals surface area (Å²) in [7, 11) is 1.70. The van der Waals surface area contributed by atoms with E-state index in [1.807, 2.05) is 0 Å². The zero-order chi connectivity index (χ0) is 13.1. The topological polar surface area (TPSA) is 76.0 Å². The molecular formula is C10H9BrN4O2S. The second kappa shape index (κ2) is 5.32. The van der Waals surface area contributed by atoms with Crippen molar-refractivity contribution in [2.24, 2.45) is 7.05 Å². The van der Waals surface area contributed by atoms with Gasteiger partial charge in [-0.1, -0.05) is 6.07 Å². The number of aryl methyl sites for hydroxylation is 1. The van der Waals surface area contributed by atoms with E-state index in [0.717, 1.165) is 0 Å². The van der Waals surface area contributed by atoms with Crippen molar-refractivity contribution in [1.82, 2.24) is 20.6 Å². The lowest BCUT2D eigenvalue weighted by Crippen LogP contribution is -2.41. The Balaban J connectivity index is 1.97. The molecule has 0 atom stereocenters. The van der Waals surface area contributed by atoms with Crippen LogP contribution in [0, 0.1) is 0 Å². The first-order chi connectivity index (χ1) is 8.58. The van der Waals surface area contributed by atoms with Gasteiger partial charge in [-0.15, -0.1) is 11.3 Å². The Hall–Kier alpha value is -1.67. The summed E-state index contributed by atoms with van der Waals surface area (Å²) in [4.78, 5) is 23.8. The van der Waals surface area contributed by atoms with Gasteiger partial charge in [0, 0.05) is 13.2 Å². The normalized spacial score (nSPS) is 10.1. The maximum absolute atomic E-state index is 11.7. The van der Waals surface area contributed by atoms with Gasteiger partial charge in [-0.25, -0.2) is 0 Å². The third-order valence-electron chi connectivity index (χ3n) is 2.03. The highest BCUT2D eigenvalue weighted by Crippen LogP contribution is 2.13. The Morgan fingerprint density at radius 2 is 2.11 bits per heavy atom. The van der Waals surface area contributed by atoms with Crippen LogP contribution >= 0.6 is 27.3 Å². The number of aromatic nitrogens is 2. The van der Waals surface area contributed by atoms with E-state index in [4.69, 9.17) is 0 Å². The molecule has 2 N–H and O–H groups in total. The highest BCUT2D eigenvalue weighted by atomic mass is 79.9. The Kier molecular flexibility index (Phi) is 3.78. The monoisotopic (exact) mass is 328 g/mol. The molecule has 0 aromatic carbocycles. The van der Waals surface area contributed by atoms with E-state index in [2.05, 4.69) is 31.9 Å². The van der Waals surface area contributed by atoms with Crippen LogP contribution in [-0.2, 0) is 7.05 Å². The minimum atomic E-state index is -0.479. The van der Waals surface area contributed by atoms with Crippen LogP contribution in [0.5, 0.6) is 0 Å². The van der Waals surface area contributed by atoms with Gasteiger partial charge in [0.25, 0.3) is 11.8 Å². The fraction of sp³-hybridized carbons (Fsp3) is 0.100. The van der Waals surface area contributed by atoms with Crippen molar-refractivity contribution in [3.63, 3.8) is 0 Å². The van der Waals surface area contributed by atoms with Crippen molar-refractivity contribution in [3.8, 4) is 0 Å². The number of rotatable bonds is 2. The molecular weight excluding hydrogens is 320 g/mol. The van der Waals surface area contributed by atoms with Crippen molar-refractivity contribution < 1.29 is 9.59 Å². The van der Waals surface area contributed by atoms with E-state index >= 15 is 0 Å². The summed E-state index contributed by atoms with van der Waals surface area (Å²) in [5, 5.41) is 5.74. The number of carbonyl (C=O) groups excluding carboxylic acids is 2. The summed E-state index contributed by atoms with van der Waals surface area (Å²) in [6.45, 7) is 0. The summed E-state index contributed by atoms with van der Waals surface area (Å²) in [5.41, 5.74) is 4.84. The van der Waals surface area contributed by atoms with Crippen molar-refractivity contribution in [2.75, 3.05) is 0 Å². The molecule has 2 heterocycles. The minimum absolute atomic E-state index is 0.212. The number of hydrogen-bond acceptors (Lipinski definition) is 4. The number of hydrazine groups is 1. The molecule has 94 valence electrons. The molecule has 0 saturated carbocycles. The molecule has 0 radical (unpaired) electrons. The van der Waals surface area contributed by atoms with Crippen LogP contribution in [0.4, 0.5) is 0 Å². The summed E-state index contributed by atoms with van der Waals surface area (Å²) < 4.78 is 2.06. The zero-order valence-electron chi connectivity index (χ0n) is 9.31. The molecule has 0 bridgehead atoms. The highest BCUT2D eigenvalue weighted by molar-refractivity contribution is 9.10. The first-order valence-electron chi connectivity index (χ1n) is 4.91. The largest absolute Gasteiger partial charge is 0.291 e. The van der Waals surface area contributed by atoms with Gasteiger partial charge in [0.2, 0.25) is 0 Å². The average molecular weight is 329 g/mol. The first kappa shape index (κ1) is 12.8. The second-order valence-electron chi connectivity index (χ2n) is 3.38. The van der Waals surface area contributed by atoms with Crippen LogP contribution < -0.4 is 10.9 Å². The Morgan fingerprint density at radius 3 is 2.67 bits per heavy atom. The molecule has 6 nitrogen and oxygen atoms in total. The van der Waals surface area contributed by atoms with Gasteiger partial charge < -0.3 is 0 Å². The number of thiophene rings is 1.